The van der Waals surface area contributed by atoms with Crippen LogP contribution in [0.25, 0.3) is 59.1 Å². The van der Waals surface area contributed by atoms with Crippen LogP contribution in [0.2, 0.25) is 0 Å². The number of imidazole rings is 2. The third kappa shape index (κ3) is 2.64. The minimum Gasteiger partial charge on any atom is -0.304 e. The van der Waals surface area contributed by atoms with E-state index in [0.717, 1.165) is 16.8 Å². The van der Waals surface area contributed by atoms with Crippen molar-refractivity contribution in [3.05, 3.63) is 84.9 Å². The Balaban J connectivity index is 1.54. The van der Waals surface area contributed by atoms with Crippen LogP contribution in [0.4, 0.5) is 0 Å². The molecule has 0 spiro atoms. The van der Waals surface area contributed by atoms with E-state index in [9.17, 15) is 0 Å². The Labute approximate surface area is 195 Å². The predicted octanol–water partition coefficient (Wildman–Crippen LogP) is 8.23. The van der Waals surface area contributed by atoms with E-state index in [1.807, 2.05) is 11.3 Å². The maximum Gasteiger partial charge on any atom is 0.216 e. The highest BCUT2D eigenvalue weighted by atomic mass is 32.1. The zero-order valence-corrected chi connectivity index (χ0v) is 19.6. The molecule has 4 aromatic carbocycles. The fourth-order valence-electron chi connectivity index (χ4n) is 5.15. The second-order valence-corrected chi connectivity index (χ2v) is 10.8. The highest BCUT2D eigenvalue weighted by Crippen LogP contribution is 2.38. The van der Waals surface area contributed by atoms with Gasteiger partial charge in [-0.05, 0) is 74.4 Å². The number of fused-ring (bicyclic) bond motifs is 8. The van der Waals surface area contributed by atoms with E-state index in [1.165, 1.54) is 42.3 Å². The molecule has 0 amide bonds. The molecular formula is C29H23N3S. The molecule has 0 aliphatic carbocycles. The van der Waals surface area contributed by atoms with Crippen molar-refractivity contribution < 1.29 is 0 Å². The molecule has 0 fully saturated rings. The predicted molar refractivity (Wildman–Crippen MR) is 142 cm³/mol. The maximum absolute atomic E-state index is 5.02. The summed E-state index contributed by atoms with van der Waals surface area (Å²) >= 11 is 1.86. The average molecular weight is 446 g/mol. The van der Waals surface area contributed by atoms with Gasteiger partial charge in [-0.1, -0.05) is 42.5 Å². The largest absolute Gasteiger partial charge is 0.304 e. The van der Waals surface area contributed by atoms with Crippen LogP contribution in [0.5, 0.6) is 0 Å². The molecule has 0 saturated carbocycles. The summed E-state index contributed by atoms with van der Waals surface area (Å²) in [5.41, 5.74) is 6.98. The van der Waals surface area contributed by atoms with E-state index in [0.29, 0.717) is 0 Å². The number of benzene rings is 4. The second kappa shape index (κ2) is 6.46. The summed E-state index contributed by atoms with van der Waals surface area (Å²) in [6.45, 7) is 6.74. The van der Waals surface area contributed by atoms with Gasteiger partial charge >= 0.3 is 0 Å². The van der Waals surface area contributed by atoms with Crippen molar-refractivity contribution >= 4 is 59.4 Å². The van der Waals surface area contributed by atoms with E-state index < -0.39 is 0 Å². The number of hydrogen-bond acceptors (Lipinski definition) is 2. The molecule has 3 aromatic heterocycles. The van der Waals surface area contributed by atoms with Gasteiger partial charge in [-0.3, -0.25) is 4.40 Å². The van der Waals surface area contributed by atoms with Crippen LogP contribution in [0, 0.1) is 0 Å². The lowest BCUT2D eigenvalue weighted by atomic mass is 10.0. The molecule has 3 heterocycles. The van der Waals surface area contributed by atoms with E-state index in [4.69, 9.17) is 4.98 Å². The molecular weight excluding hydrogens is 422 g/mol. The van der Waals surface area contributed by atoms with Gasteiger partial charge in [-0.15, -0.1) is 11.3 Å². The van der Waals surface area contributed by atoms with Gasteiger partial charge in [0.15, 0.2) is 0 Å². The summed E-state index contributed by atoms with van der Waals surface area (Å²) in [5, 5.41) is 2.67. The number of hydrogen-bond donors (Lipinski definition) is 0. The minimum atomic E-state index is -0.0829. The van der Waals surface area contributed by atoms with Crippen LogP contribution >= 0.6 is 11.3 Å². The monoisotopic (exact) mass is 445 g/mol. The first-order valence-corrected chi connectivity index (χ1v) is 12.1. The Bertz CT molecular complexity index is 1860. The van der Waals surface area contributed by atoms with Crippen molar-refractivity contribution in [2.45, 2.75) is 26.3 Å². The lowest BCUT2D eigenvalue weighted by Crippen LogP contribution is -2.21. The van der Waals surface area contributed by atoms with Crippen molar-refractivity contribution in [2.24, 2.45) is 0 Å². The molecule has 0 aliphatic heterocycles. The Kier molecular flexibility index (Phi) is 3.70. The quantitative estimate of drug-likeness (QED) is 0.249. The molecule has 0 atom stereocenters. The van der Waals surface area contributed by atoms with E-state index in [1.54, 1.807) is 0 Å². The van der Waals surface area contributed by atoms with E-state index >= 15 is 0 Å². The Morgan fingerprint density at radius 2 is 1.39 bits per heavy atom. The highest BCUT2D eigenvalue weighted by molar-refractivity contribution is 7.25. The smallest absolute Gasteiger partial charge is 0.216 e. The second-order valence-electron chi connectivity index (χ2n) is 9.75. The third-order valence-electron chi connectivity index (χ3n) is 6.58. The molecule has 160 valence electrons. The van der Waals surface area contributed by atoms with Gasteiger partial charge in [0.1, 0.15) is 0 Å². The number of para-hydroxylation sites is 2. The Morgan fingerprint density at radius 1 is 0.667 bits per heavy atom. The first kappa shape index (κ1) is 18.9. The fraction of sp³-hybridized carbons (Fsp3) is 0.138. The minimum absolute atomic E-state index is 0.0829. The Morgan fingerprint density at radius 3 is 2.27 bits per heavy atom. The topological polar surface area (TPSA) is 22.2 Å². The van der Waals surface area contributed by atoms with Gasteiger partial charge in [0.05, 0.1) is 22.1 Å². The molecule has 33 heavy (non-hydrogen) atoms. The normalized spacial score (nSPS) is 12.7. The van der Waals surface area contributed by atoms with Gasteiger partial charge in [-0.2, -0.15) is 0 Å². The lowest BCUT2D eigenvalue weighted by Gasteiger charge is -2.22. The van der Waals surface area contributed by atoms with Crippen molar-refractivity contribution in [1.29, 1.82) is 0 Å². The zero-order valence-electron chi connectivity index (χ0n) is 18.8. The van der Waals surface area contributed by atoms with Crippen molar-refractivity contribution in [2.75, 3.05) is 0 Å². The lowest BCUT2D eigenvalue weighted by molar-refractivity contribution is 0.419. The van der Waals surface area contributed by atoms with Crippen molar-refractivity contribution in [3.63, 3.8) is 0 Å². The highest BCUT2D eigenvalue weighted by Gasteiger charge is 2.24. The molecule has 0 saturated heterocycles. The third-order valence-corrected chi connectivity index (χ3v) is 7.73. The molecule has 3 nitrogen and oxygen atoms in total. The standard InChI is InChI=1S/C29H23N3S/c1-29(2,3)32-24-14-12-19(17-25(24)31-23-10-6-5-9-22(23)30-28(31)32)18-13-15-27-21(16-18)20-8-4-7-11-26(20)33-27/h4-17H,1-3H3. The average Bonchev–Trinajstić information content (AvgIpc) is 3.45. The molecule has 0 bridgehead atoms. The molecule has 0 unspecified atom stereocenters. The van der Waals surface area contributed by atoms with Gasteiger partial charge in [0.2, 0.25) is 5.78 Å². The molecule has 4 heteroatoms. The summed E-state index contributed by atoms with van der Waals surface area (Å²) in [7, 11) is 0. The van der Waals surface area contributed by atoms with Gasteiger partial charge in [0.25, 0.3) is 0 Å². The molecule has 7 rings (SSSR count). The first-order chi connectivity index (χ1) is 16.0. The molecule has 0 N–H and O–H groups in total. The summed E-state index contributed by atoms with van der Waals surface area (Å²) < 4.78 is 7.36. The zero-order chi connectivity index (χ0) is 22.3. The number of thiophene rings is 1. The van der Waals surface area contributed by atoms with Crippen LogP contribution in [0.1, 0.15) is 20.8 Å². The summed E-state index contributed by atoms with van der Waals surface area (Å²) in [6, 6.07) is 30.8. The maximum atomic E-state index is 5.02. The van der Waals surface area contributed by atoms with Crippen molar-refractivity contribution in [1.82, 2.24) is 14.0 Å². The number of nitrogens with zero attached hydrogens (tertiary/aromatic N) is 3. The first-order valence-electron chi connectivity index (χ1n) is 11.3. The number of aromatic nitrogens is 3. The SMILES string of the molecule is CC(C)(C)n1c2ccc(-c3ccc4sc5ccccc5c4c3)cc2n2c3ccccc3nc12. The van der Waals surface area contributed by atoms with Crippen LogP contribution < -0.4 is 0 Å². The van der Waals surface area contributed by atoms with Gasteiger partial charge in [-0.25, -0.2) is 4.98 Å². The fourth-order valence-corrected chi connectivity index (χ4v) is 6.23. The van der Waals surface area contributed by atoms with Crippen LogP contribution in [0.15, 0.2) is 84.9 Å². The molecule has 7 aromatic rings. The summed E-state index contributed by atoms with van der Waals surface area (Å²) in [4.78, 5) is 5.02. The summed E-state index contributed by atoms with van der Waals surface area (Å²) in [5.74, 6) is 0.995. The van der Waals surface area contributed by atoms with Gasteiger partial charge in [0, 0.05) is 25.7 Å². The van der Waals surface area contributed by atoms with Crippen LogP contribution in [0.3, 0.4) is 0 Å². The van der Waals surface area contributed by atoms with E-state index in [2.05, 4.69) is 115 Å². The molecule has 0 radical (unpaired) electrons. The van der Waals surface area contributed by atoms with Crippen LogP contribution in [-0.2, 0) is 5.54 Å². The Hall–Kier alpha value is -3.63. The van der Waals surface area contributed by atoms with Crippen molar-refractivity contribution in [3.8, 4) is 11.1 Å². The number of rotatable bonds is 1. The van der Waals surface area contributed by atoms with Crippen LogP contribution in [-0.4, -0.2) is 14.0 Å². The molecule has 0 aliphatic rings. The van der Waals surface area contributed by atoms with Gasteiger partial charge < -0.3 is 4.57 Å². The summed E-state index contributed by atoms with van der Waals surface area (Å²) in [6.07, 6.45) is 0. The van der Waals surface area contributed by atoms with E-state index in [-0.39, 0.29) is 5.54 Å².